The van der Waals surface area contributed by atoms with E-state index in [1.54, 1.807) is 4.90 Å². The summed E-state index contributed by atoms with van der Waals surface area (Å²) in [5, 5.41) is 9.19. The average molecular weight is 535 g/mol. The van der Waals surface area contributed by atoms with E-state index in [2.05, 4.69) is 22.0 Å². The van der Waals surface area contributed by atoms with Crippen molar-refractivity contribution in [1.82, 2.24) is 10.2 Å². The number of nitrogens with zero attached hydrogens (tertiary/aromatic N) is 1. The topological polar surface area (TPSA) is 90.5 Å². The predicted octanol–water partition coefficient (Wildman–Crippen LogP) is 4.82. The summed E-state index contributed by atoms with van der Waals surface area (Å²) < 4.78 is 0. The van der Waals surface area contributed by atoms with Gasteiger partial charge in [-0.2, -0.15) is 0 Å². The lowest BCUT2D eigenvalue weighted by Gasteiger charge is -2.34. The lowest BCUT2D eigenvalue weighted by atomic mass is 9.77. The van der Waals surface area contributed by atoms with E-state index in [1.807, 2.05) is 78.9 Å². The van der Waals surface area contributed by atoms with Crippen LogP contribution in [0.2, 0.25) is 0 Å². The highest BCUT2D eigenvalue weighted by Gasteiger charge is 2.41. The van der Waals surface area contributed by atoms with Crippen molar-refractivity contribution in [2.45, 2.75) is 50.1 Å². The zero-order chi connectivity index (χ0) is 27.5. The first kappa shape index (κ1) is 26.0. The Labute approximate surface area is 234 Å². The van der Waals surface area contributed by atoms with Crippen molar-refractivity contribution in [3.63, 3.8) is 0 Å². The number of nitrogens with one attached hydrogen (secondary N) is 3. The molecule has 0 saturated carbocycles. The molecule has 1 unspecified atom stereocenters. The zero-order valence-electron chi connectivity index (χ0n) is 22.4. The van der Waals surface area contributed by atoms with Crippen LogP contribution in [0, 0.1) is 0 Å². The van der Waals surface area contributed by atoms with Gasteiger partial charge in [-0.1, -0.05) is 60.7 Å². The number of carbonyl (C=O) groups is 3. The maximum absolute atomic E-state index is 13.2. The van der Waals surface area contributed by atoms with E-state index < -0.39 is 6.04 Å². The van der Waals surface area contributed by atoms with Gasteiger partial charge in [0, 0.05) is 17.9 Å². The van der Waals surface area contributed by atoms with E-state index in [0.29, 0.717) is 18.7 Å². The Balaban J connectivity index is 1.02. The van der Waals surface area contributed by atoms with Crippen LogP contribution in [0.3, 0.4) is 0 Å². The molecule has 7 heteroatoms. The fraction of sp³-hybridized carbons (Fsp3) is 0.303. The maximum Gasteiger partial charge on any atom is 0.247 e. The number of hydrogen-bond donors (Lipinski definition) is 3. The monoisotopic (exact) mass is 534 g/mol. The minimum absolute atomic E-state index is 0.0179. The molecule has 204 valence electrons. The second kappa shape index (κ2) is 11.5. The number of fused-ring (bicyclic) bond motifs is 1. The molecule has 2 aliphatic heterocycles. The van der Waals surface area contributed by atoms with Gasteiger partial charge >= 0.3 is 0 Å². The fourth-order valence-electron chi connectivity index (χ4n) is 5.89. The van der Waals surface area contributed by atoms with Gasteiger partial charge in [-0.05, 0) is 85.2 Å². The zero-order valence-corrected chi connectivity index (χ0v) is 22.4. The average Bonchev–Trinajstić information content (AvgIpc) is 3.67. The summed E-state index contributed by atoms with van der Waals surface area (Å²) in [7, 11) is 0. The molecule has 1 aliphatic carbocycles. The Hall–Kier alpha value is -4.23. The van der Waals surface area contributed by atoms with Crippen molar-refractivity contribution in [2.75, 3.05) is 23.7 Å². The van der Waals surface area contributed by atoms with Gasteiger partial charge in [-0.15, -0.1) is 0 Å². The van der Waals surface area contributed by atoms with Crippen LogP contribution in [0.4, 0.5) is 11.4 Å². The van der Waals surface area contributed by atoms with Crippen LogP contribution in [0.25, 0.3) is 12.2 Å². The van der Waals surface area contributed by atoms with E-state index in [1.165, 1.54) is 5.56 Å². The highest BCUT2D eigenvalue weighted by atomic mass is 16.2. The molecule has 2 saturated heterocycles. The number of benzene rings is 3. The van der Waals surface area contributed by atoms with E-state index in [0.717, 1.165) is 54.6 Å². The van der Waals surface area contributed by atoms with Crippen LogP contribution in [0.1, 0.15) is 53.9 Å². The number of hydrogen-bond acceptors (Lipinski definition) is 4. The highest BCUT2D eigenvalue weighted by molar-refractivity contribution is 5.99. The summed E-state index contributed by atoms with van der Waals surface area (Å²) in [6, 6.07) is 23.0. The normalized spacial score (nSPS) is 21.6. The molecule has 40 heavy (non-hydrogen) atoms. The summed E-state index contributed by atoms with van der Waals surface area (Å²) >= 11 is 0. The predicted molar refractivity (Wildman–Crippen MR) is 158 cm³/mol. The van der Waals surface area contributed by atoms with Gasteiger partial charge in [0.1, 0.15) is 6.04 Å². The lowest BCUT2D eigenvalue weighted by Crippen LogP contribution is -2.47. The van der Waals surface area contributed by atoms with Crippen LogP contribution in [0.15, 0.2) is 72.8 Å². The molecule has 6 rings (SSSR count). The summed E-state index contributed by atoms with van der Waals surface area (Å²) in [5.74, 6) is -0.167. The van der Waals surface area contributed by atoms with Crippen LogP contribution >= 0.6 is 0 Å². The van der Waals surface area contributed by atoms with Crippen molar-refractivity contribution < 1.29 is 14.4 Å². The van der Waals surface area contributed by atoms with E-state index >= 15 is 0 Å². The second-order valence-corrected chi connectivity index (χ2v) is 10.8. The SMILES string of the molecule is O=C(Nc1ccc(C=Cc2ccc(NC(=O)[C@@H]3CCCN3C(=O)C3Cc4ccccc43)cc2)cc1)[C@@H]1CCCN1. The van der Waals surface area contributed by atoms with Gasteiger partial charge in [0.05, 0.1) is 12.0 Å². The molecule has 2 fully saturated rings. The molecular weight excluding hydrogens is 500 g/mol. The Morgan fingerprint density at radius 2 is 1.43 bits per heavy atom. The molecule has 3 aromatic rings. The number of rotatable bonds is 7. The van der Waals surface area contributed by atoms with Crippen LogP contribution < -0.4 is 16.0 Å². The van der Waals surface area contributed by atoms with Crippen molar-refractivity contribution in [3.8, 4) is 0 Å². The number of amides is 3. The number of likely N-dealkylation sites (tertiary alicyclic amines) is 1. The van der Waals surface area contributed by atoms with Crippen molar-refractivity contribution in [3.05, 3.63) is 95.1 Å². The van der Waals surface area contributed by atoms with E-state index in [9.17, 15) is 14.4 Å². The quantitative estimate of drug-likeness (QED) is 0.379. The minimum Gasteiger partial charge on any atom is -0.330 e. The van der Waals surface area contributed by atoms with Gasteiger partial charge in [0.2, 0.25) is 17.7 Å². The van der Waals surface area contributed by atoms with Gasteiger partial charge in [-0.3, -0.25) is 14.4 Å². The van der Waals surface area contributed by atoms with Crippen molar-refractivity contribution in [2.24, 2.45) is 0 Å². The third-order valence-corrected chi connectivity index (χ3v) is 8.19. The standard InChI is InChI=1S/C33H34N4O3/c38-31(29-7-3-19-34-29)35-25-15-11-22(12-16-25)9-10-23-13-17-26(18-14-23)36-32(39)30-8-4-20-37(30)33(40)28-21-24-5-1-2-6-27(24)28/h1-2,5-6,9-18,28-30,34H,3-4,7-8,19-21H2,(H,35,38)(H,36,39)/t28?,29-,30-/m0/s1. The van der Waals surface area contributed by atoms with Gasteiger partial charge < -0.3 is 20.9 Å². The second-order valence-electron chi connectivity index (χ2n) is 10.8. The maximum atomic E-state index is 13.2. The molecule has 7 nitrogen and oxygen atoms in total. The van der Waals surface area contributed by atoms with Crippen molar-refractivity contribution in [1.29, 1.82) is 0 Å². The third kappa shape index (κ3) is 5.56. The first-order valence-electron chi connectivity index (χ1n) is 14.2. The van der Waals surface area contributed by atoms with Crippen LogP contribution in [-0.4, -0.2) is 47.8 Å². The summed E-state index contributed by atoms with van der Waals surface area (Å²) in [5.41, 5.74) is 5.86. The molecule has 3 aliphatic rings. The molecular formula is C33H34N4O3. The molecule has 2 heterocycles. The molecule has 3 amide bonds. The van der Waals surface area contributed by atoms with Gasteiger partial charge in [0.25, 0.3) is 0 Å². The lowest BCUT2D eigenvalue weighted by molar-refractivity contribution is -0.138. The summed E-state index contributed by atoms with van der Waals surface area (Å²) in [6.07, 6.45) is 8.22. The summed E-state index contributed by atoms with van der Waals surface area (Å²) in [6.45, 7) is 1.52. The highest BCUT2D eigenvalue weighted by Crippen LogP contribution is 2.37. The van der Waals surface area contributed by atoms with Gasteiger partial charge in [-0.25, -0.2) is 0 Å². The van der Waals surface area contributed by atoms with Gasteiger partial charge in [0.15, 0.2) is 0 Å². The van der Waals surface area contributed by atoms with E-state index in [4.69, 9.17) is 0 Å². The van der Waals surface area contributed by atoms with E-state index in [-0.39, 0.29) is 29.7 Å². The first-order valence-corrected chi connectivity index (χ1v) is 14.2. The Bertz CT molecular complexity index is 1420. The largest absolute Gasteiger partial charge is 0.330 e. The Morgan fingerprint density at radius 3 is 2.05 bits per heavy atom. The molecule has 3 atom stereocenters. The van der Waals surface area contributed by atoms with Crippen LogP contribution in [-0.2, 0) is 20.8 Å². The molecule has 0 aromatic heterocycles. The van der Waals surface area contributed by atoms with Crippen molar-refractivity contribution >= 4 is 41.2 Å². The molecule has 3 N–H and O–H groups in total. The molecule has 0 spiro atoms. The summed E-state index contributed by atoms with van der Waals surface area (Å²) in [4.78, 5) is 40.4. The fourth-order valence-corrected chi connectivity index (χ4v) is 5.89. The first-order chi connectivity index (χ1) is 19.5. The third-order valence-electron chi connectivity index (χ3n) is 8.19. The number of anilines is 2. The smallest absolute Gasteiger partial charge is 0.247 e. The molecule has 0 bridgehead atoms. The van der Waals surface area contributed by atoms with Crippen LogP contribution in [0.5, 0.6) is 0 Å². The minimum atomic E-state index is -0.429. The molecule has 3 aromatic carbocycles. The molecule has 0 radical (unpaired) electrons. The Morgan fingerprint density at radius 1 is 0.775 bits per heavy atom. The number of carbonyl (C=O) groups excluding carboxylic acids is 3. The Kier molecular flexibility index (Phi) is 7.47.